The van der Waals surface area contributed by atoms with Crippen molar-refractivity contribution in [1.29, 1.82) is 0 Å². The third-order valence-electron chi connectivity index (χ3n) is 8.45. The molecule has 2 fully saturated rings. The fourth-order valence-electron chi connectivity index (χ4n) is 6.66. The summed E-state index contributed by atoms with van der Waals surface area (Å²) in [4.78, 5) is 5.58. The normalized spacial score (nSPS) is 29.5. The molecule has 36 heavy (non-hydrogen) atoms. The molecule has 0 bridgehead atoms. The molecule has 2 aromatic carbocycles. The van der Waals surface area contributed by atoms with Gasteiger partial charge in [-0.15, -0.1) is 0 Å². The Balaban J connectivity index is 1.48. The van der Waals surface area contributed by atoms with Gasteiger partial charge in [0.1, 0.15) is 6.61 Å². The first-order valence-corrected chi connectivity index (χ1v) is 12.1. The fourth-order valence-corrected chi connectivity index (χ4v) is 6.66. The molecule has 3 aliphatic carbocycles. The fraction of sp³-hybridized carbons (Fsp3) is 0.481. The molecule has 5 rings (SSSR count). The second-order valence-corrected chi connectivity index (χ2v) is 10.2. The van der Waals surface area contributed by atoms with Gasteiger partial charge in [0.25, 0.3) is 0 Å². The molecule has 3 aliphatic rings. The van der Waals surface area contributed by atoms with E-state index in [9.17, 15) is 23.5 Å². The van der Waals surface area contributed by atoms with Gasteiger partial charge in [-0.3, -0.25) is 0 Å². The molecule has 4 atom stereocenters. The first kappa shape index (κ1) is 24.5. The van der Waals surface area contributed by atoms with Crippen molar-refractivity contribution in [2.24, 2.45) is 27.6 Å². The van der Waals surface area contributed by atoms with E-state index < -0.39 is 11.7 Å². The summed E-state index contributed by atoms with van der Waals surface area (Å²) < 4.78 is 44.6. The molecule has 0 aromatic heterocycles. The van der Waals surface area contributed by atoms with Crippen LogP contribution in [-0.2, 0) is 17.6 Å². The quantitative estimate of drug-likeness (QED) is 0.370. The van der Waals surface area contributed by atoms with E-state index in [4.69, 9.17) is 9.57 Å². The van der Waals surface area contributed by atoms with Crippen molar-refractivity contribution in [2.75, 3.05) is 7.11 Å². The van der Waals surface area contributed by atoms with Crippen LogP contribution in [0.1, 0.15) is 67.2 Å². The lowest BCUT2D eigenvalue weighted by Crippen LogP contribution is -2.43. The number of nitrogens with zero attached hydrogens (tertiary/aromatic N) is 2. The van der Waals surface area contributed by atoms with E-state index in [1.54, 1.807) is 12.1 Å². The zero-order valence-corrected chi connectivity index (χ0v) is 20.2. The predicted octanol–water partition coefficient (Wildman–Crippen LogP) is 6.48. The van der Waals surface area contributed by atoms with Crippen LogP contribution in [-0.4, -0.2) is 28.8 Å². The second-order valence-electron chi connectivity index (χ2n) is 10.2. The van der Waals surface area contributed by atoms with Gasteiger partial charge in [-0.2, -0.15) is 13.2 Å². The molecule has 9 heteroatoms. The average molecular weight is 503 g/mol. The van der Waals surface area contributed by atoms with Crippen LogP contribution < -0.4 is 4.74 Å². The number of aromatic hydroxyl groups is 1. The van der Waals surface area contributed by atoms with Crippen LogP contribution in [0.2, 0.25) is 0 Å². The second kappa shape index (κ2) is 9.01. The van der Waals surface area contributed by atoms with Crippen LogP contribution in [0.25, 0.3) is 0 Å². The number of rotatable bonds is 4. The summed E-state index contributed by atoms with van der Waals surface area (Å²) in [5.41, 5.74) is 2.75. The van der Waals surface area contributed by atoms with Gasteiger partial charge < -0.3 is 19.9 Å². The number of hydrogen-bond donors (Lipinski definition) is 2. The summed E-state index contributed by atoms with van der Waals surface area (Å²) >= 11 is 0. The zero-order chi connectivity index (χ0) is 25.7. The number of hydrogen-bond acceptors (Lipinski definition) is 6. The van der Waals surface area contributed by atoms with Crippen LogP contribution in [0, 0.1) is 17.3 Å². The topological polar surface area (TPSA) is 83.6 Å². The van der Waals surface area contributed by atoms with Crippen molar-refractivity contribution in [3.05, 3.63) is 58.7 Å². The summed E-state index contributed by atoms with van der Waals surface area (Å²) in [6.07, 6.45) is -0.354. The highest BCUT2D eigenvalue weighted by molar-refractivity contribution is 6.04. The molecule has 0 aliphatic heterocycles. The zero-order valence-electron chi connectivity index (χ0n) is 20.2. The van der Waals surface area contributed by atoms with E-state index in [0.29, 0.717) is 29.4 Å². The highest BCUT2D eigenvalue weighted by Gasteiger charge is 2.54. The standard InChI is InChI=1S/C27H29F3N2O4/c1-26-9-8-17-18-13-24(35-2)23(33)12-20(18)22(11-19(17)21(26)6-7-25(26)31-34)32-36-14-15-4-3-5-16(10-15)27(28,29)30/h3-5,10,12-13,17,19,21,33-34H,6-9,11,14H2,1-2H3/b31-25+,32-22+/t17-,19-,21+,26+/m1/s1. The van der Waals surface area contributed by atoms with Gasteiger partial charge in [0.15, 0.2) is 11.5 Å². The Morgan fingerprint density at radius 1 is 1.17 bits per heavy atom. The smallest absolute Gasteiger partial charge is 0.416 e. The number of phenolic OH excluding ortho intramolecular Hbond substituents is 1. The number of fused-ring (bicyclic) bond motifs is 5. The van der Waals surface area contributed by atoms with Crippen molar-refractivity contribution in [3.63, 3.8) is 0 Å². The third-order valence-corrected chi connectivity index (χ3v) is 8.45. The van der Waals surface area contributed by atoms with E-state index in [-0.39, 0.29) is 29.6 Å². The van der Waals surface area contributed by atoms with E-state index in [1.165, 1.54) is 13.2 Å². The van der Waals surface area contributed by atoms with Gasteiger partial charge in [-0.25, -0.2) is 0 Å². The molecule has 192 valence electrons. The Bertz CT molecular complexity index is 1230. The first-order chi connectivity index (χ1) is 17.2. The van der Waals surface area contributed by atoms with Gasteiger partial charge in [0, 0.05) is 11.0 Å². The Morgan fingerprint density at radius 3 is 2.69 bits per heavy atom. The minimum atomic E-state index is -4.43. The van der Waals surface area contributed by atoms with Crippen LogP contribution in [0.3, 0.4) is 0 Å². The van der Waals surface area contributed by atoms with E-state index >= 15 is 0 Å². The van der Waals surface area contributed by atoms with E-state index in [2.05, 4.69) is 17.2 Å². The summed E-state index contributed by atoms with van der Waals surface area (Å²) in [6, 6.07) is 8.50. The highest BCUT2D eigenvalue weighted by Crippen LogP contribution is 2.60. The maximum absolute atomic E-state index is 13.1. The highest BCUT2D eigenvalue weighted by atomic mass is 19.4. The Kier molecular flexibility index (Phi) is 6.12. The van der Waals surface area contributed by atoms with E-state index in [0.717, 1.165) is 54.7 Å². The number of ether oxygens (including phenoxy) is 1. The molecule has 0 amide bonds. The number of benzene rings is 2. The van der Waals surface area contributed by atoms with Gasteiger partial charge in [0.2, 0.25) is 0 Å². The molecule has 0 heterocycles. The maximum atomic E-state index is 13.1. The average Bonchev–Trinajstić information content (AvgIpc) is 3.20. The van der Waals surface area contributed by atoms with Gasteiger partial charge in [-0.1, -0.05) is 29.4 Å². The van der Waals surface area contributed by atoms with Crippen LogP contribution >= 0.6 is 0 Å². The van der Waals surface area contributed by atoms with Gasteiger partial charge >= 0.3 is 6.18 Å². The van der Waals surface area contributed by atoms with Crippen molar-refractivity contribution in [2.45, 2.75) is 57.7 Å². The number of oxime groups is 2. The summed E-state index contributed by atoms with van der Waals surface area (Å²) in [6.45, 7) is 2.06. The monoisotopic (exact) mass is 502 g/mol. The van der Waals surface area contributed by atoms with Crippen LogP contribution in [0.5, 0.6) is 11.5 Å². The SMILES string of the molecule is COc1cc2c(cc1O)/C(=N/OCc1cccc(C(F)(F)F)c1)C[C@@H]1[C@@H]2CC[C@]2(C)/C(=N/O)CC[C@@H]12. The number of alkyl halides is 3. The number of phenols is 1. The molecule has 0 unspecified atom stereocenters. The molecule has 0 spiro atoms. The third kappa shape index (κ3) is 4.08. The molecule has 0 radical (unpaired) electrons. The Hall–Kier alpha value is -3.23. The van der Waals surface area contributed by atoms with Crippen molar-refractivity contribution < 1.29 is 33.1 Å². The minimum absolute atomic E-state index is 0.00325. The van der Waals surface area contributed by atoms with Gasteiger partial charge in [0.05, 0.1) is 24.1 Å². The Labute approximate surface area is 207 Å². The van der Waals surface area contributed by atoms with Crippen LogP contribution in [0.15, 0.2) is 46.7 Å². The summed E-state index contributed by atoms with van der Waals surface area (Å²) in [5, 5.41) is 28.1. The van der Waals surface area contributed by atoms with Crippen molar-refractivity contribution in [1.82, 2.24) is 0 Å². The molecule has 2 aromatic rings. The summed E-state index contributed by atoms with van der Waals surface area (Å²) in [7, 11) is 1.51. The first-order valence-electron chi connectivity index (χ1n) is 12.1. The predicted molar refractivity (Wildman–Crippen MR) is 128 cm³/mol. The molecule has 6 nitrogen and oxygen atoms in total. The molecular weight excluding hydrogens is 473 g/mol. The van der Waals surface area contributed by atoms with Crippen LogP contribution in [0.4, 0.5) is 13.2 Å². The maximum Gasteiger partial charge on any atom is 0.416 e. The molecular formula is C27H29F3N2O4. The number of methoxy groups -OCH3 is 1. The minimum Gasteiger partial charge on any atom is -0.504 e. The summed E-state index contributed by atoms with van der Waals surface area (Å²) in [5.74, 6) is 1.13. The lowest BCUT2D eigenvalue weighted by molar-refractivity contribution is -0.137. The van der Waals surface area contributed by atoms with Crippen molar-refractivity contribution >= 4 is 11.4 Å². The molecule has 2 N–H and O–H groups in total. The molecule has 0 saturated heterocycles. The molecule has 2 saturated carbocycles. The lowest BCUT2D eigenvalue weighted by Gasteiger charge is -2.48. The Morgan fingerprint density at radius 2 is 1.97 bits per heavy atom. The lowest BCUT2D eigenvalue weighted by atomic mass is 9.55. The largest absolute Gasteiger partial charge is 0.504 e. The van der Waals surface area contributed by atoms with E-state index in [1.807, 2.05) is 6.07 Å². The van der Waals surface area contributed by atoms with Gasteiger partial charge in [-0.05, 0) is 85.3 Å². The van der Waals surface area contributed by atoms with Crippen molar-refractivity contribution in [3.8, 4) is 11.5 Å². The number of halogens is 3.